The zero-order chi connectivity index (χ0) is 47.9. The highest BCUT2D eigenvalue weighted by atomic mass is 16.3. The maximum atomic E-state index is 12.5. The number of amides is 1. The highest BCUT2D eigenvalue weighted by Crippen LogP contribution is 2.18. The number of carbonyl (C=O) groups is 1. The maximum absolute atomic E-state index is 12.5. The molecule has 0 saturated carbocycles. The summed E-state index contributed by atoms with van der Waals surface area (Å²) >= 11 is 0. The maximum Gasteiger partial charge on any atom is 0.249 e. The Kier molecular flexibility index (Phi) is 54.9. The van der Waals surface area contributed by atoms with Gasteiger partial charge in [0.25, 0.3) is 0 Å². The summed E-state index contributed by atoms with van der Waals surface area (Å²) in [5.41, 5.74) is 0. The van der Waals surface area contributed by atoms with Gasteiger partial charge in [0.05, 0.1) is 18.8 Å². The molecule has 0 aromatic heterocycles. The van der Waals surface area contributed by atoms with Gasteiger partial charge < -0.3 is 20.6 Å². The first-order chi connectivity index (χ1) is 32.6. The average Bonchev–Trinajstić information content (AvgIpc) is 3.32. The van der Waals surface area contributed by atoms with Crippen LogP contribution in [0.4, 0.5) is 0 Å². The minimum atomic E-state index is -1.11. The van der Waals surface area contributed by atoms with Crippen LogP contribution < -0.4 is 5.32 Å². The van der Waals surface area contributed by atoms with Crippen molar-refractivity contribution >= 4 is 5.91 Å². The molecular weight excluding hydrogens is 811 g/mol. The normalized spacial score (nSPS) is 13.5. The summed E-state index contributed by atoms with van der Waals surface area (Å²) in [6, 6.07) is -0.820. The molecule has 0 fully saturated rings. The lowest BCUT2D eigenvalue weighted by atomic mass is 10.0. The largest absolute Gasteiger partial charge is 0.394 e. The average molecular weight is 929 g/mol. The van der Waals surface area contributed by atoms with E-state index in [2.05, 4.69) is 43.5 Å². The molecule has 0 aromatic carbocycles. The molecule has 0 heterocycles. The molecule has 5 heteroatoms. The van der Waals surface area contributed by atoms with E-state index in [0.717, 1.165) is 44.9 Å². The van der Waals surface area contributed by atoms with Crippen LogP contribution in [0.5, 0.6) is 0 Å². The first-order valence-corrected chi connectivity index (χ1v) is 29.8. The second-order valence-electron chi connectivity index (χ2n) is 20.5. The van der Waals surface area contributed by atoms with Gasteiger partial charge in [0, 0.05) is 0 Å². The smallest absolute Gasteiger partial charge is 0.249 e. The predicted molar refractivity (Wildman–Crippen MR) is 291 cm³/mol. The van der Waals surface area contributed by atoms with Crippen LogP contribution in [-0.2, 0) is 4.79 Å². The van der Waals surface area contributed by atoms with Gasteiger partial charge in [-0.1, -0.05) is 314 Å². The van der Waals surface area contributed by atoms with Gasteiger partial charge in [-0.15, -0.1) is 0 Å². The van der Waals surface area contributed by atoms with Crippen LogP contribution in [0.15, 0.2) is 36.5 Å². The zero-order valence-electron chi connectivity index (χ0n) is 44.6. The van der Waals surface area contributed by atoms with Gasteiger partial charge in [-0.05, 0) is 44.9 Å². The first kappa shape index (κ1) is 64.6. The molecule has 4 N–H and O–H groups in total. The topological polar surface area (TPSA) is 89.8 Å². The highest BCUT2D eigenvalue weighted by molar-refractivity contribution is 5.80. The van der Waals surface area contributed by atoms with E-state index in [9.17, 15) is 20.1 Å². The predicted octanol–water partition coefficient (Wildman–Crippen LogP) is 18.6. The van der Waals surface area contributed by atoms with Crippen LogP contribution in [0.3, 0.4) is 0 Å². The zero-order valence-corrected chi connectivity index (χ0v) is 44.6. The van der Waals surface area contributed by atoms with E-state index in [-0.39, 0.29) is 6.61 Å². The Labute approximate surface area is 413 Å². The van der Waals surface area contributed by atoms with Crippen molar-refractivity contribution < 1.29 is 20.1 Å². The van der Waals surface area contributed by atoms with Crippen molar-refractivity contribution in [3.05, 3.63) is 36.5 Å². The van der Waals surface area contributed by atoms with Crippen molar-refractivity contribution in [1.82, 2.24) is 5.32 Å². The molecule has 0 rings (SSSR count). The van der Waals surface area contributed by atoms with E-state index in [1.165, 1.54) is 257 Å². The Morgan fingerprint density at radius 3 is 0.924 bits per heavy atom. The molecule has 0 saturated heterocycles. The van der Waals surface area contributed by atoms with Gasteiger partial charge in [0.1, 0.15) is 6.10 Å². The Bertz CT molecular complexity index is 1020. The van der Waals surface area contributed by atoms with E-state index in [0.29, 0.717) is 6.42 Å². The lowest BCUT2D eigenvalue weighted by molar-refractivity contribution is -0.131. The van der Waals surface area contributed by atoms with Gasteiger partial charge in [0.2, 0.25) is 5.91 Å². The Morgan fingerprint density at radius 2 is 0.621 bits per heavy atom. The van der Waals surface area contributed by atoms with Crippen molar-refractivity contribution in [1.29, 1.82) is 0 Å². The fourth-order valence-electron chi connectivity index (χ4n) is 9.34. The third-order valence-electron chi connectivity index (χ3n) is 14.0. The molecule has 0 bridgehead atoms. The molecule has 3 unspecified atom stereocenters. The lowest BCUT2D eigenvalue weighted by Gasteiger charge is -2.21. The molecule has 0 aliphatic rings. The molecule has 1 amide bonds. The fourth-order valence-corrected chi connectivity index (χ4v) is 9.34. The van der Waals surface area contributed by atoms with E-state index in [4.69, 9.17) is 0 Å². The number of allylic oxidation sites excluding steroid dienone is 5. The molecule has 390 valence electrons. The molecule has 5 nitrogen and oxygen atoms in total. The number of hydrogen-bond acceptors (Lipinski definition) is 4. The number of nitrogens with one attached hydrogen (secondary N) is 1. The molecule has 66 heavy (non-hydrogen) atoms. The summed E-state index contributed by atoms with van der Waals surface area (Å²) in [6.45, 7) is 4.19. The molecule has 0 aliphatic carbocycles. The van der Waals surface area contributed by atoms with Gasteiger partial charge in [-0.3, -0.25) is 4.79 Å². The molecule has 3 atom stereocenters. The van der Waals surface area contributed by atoms with Gasteiger partial charge >= 0.3 is 0 Å². The second kappa shape index (κ2) is 56.2. The van der Waals surface area contributed by atoms with E-state index in [1.807, 2.05) is 6.08 Å². The number of hydrogen-bond donors (Lipinski definition) is 4. The van der Waals surface area contributed by atoms with Crippen LogP contribution in [-0.4, -0.2) is 46.1 Å². The van der Waals surface area contributed by atoms with Crippen molar-refractivity contribution in [3.8, 4) is 0 Å². The van der Waals surface area contributed by atoms with Crippen LogP contribution in [0.2, 0.25) is 0 Å². The number of aliphatic hydroxyl groups excluding tert-OH is 3. The summed E-state index contributed by atoms with van der Waals surface area (Å²) in [7, 11) is 0. The molecule has 0 spiro atoms. The highest BCUT2D eigenvalue weighted by Gasteiger charge is 2.22. The summed E-state index contributed by atoms with van der Waals surface area (Å²) in [6.07, 6.45) is 73.9. The SMILES string of the molecule is CCCCCCCCCC/C=C/CC/C=C/CC/C=C/C(O)C(CO)NC(=O)C(O)CCCCCCCCCCCCCCCCCCCCCCCCCCCCCCCCCCCC. The van der Waals surface area contributed by atoms with Crippen molar-refractivity contribution in [2.24, 2.45) is 0 Å². The Balaban J connectivity index is 3.51. The van der Waals surface area contributed by atoms with E-state index < -0.39 is 24.2 Å². The van der Waals surface area contributed by atoms with Crippen LogP contribution in [0.1, 0.15) is 322 Å². The standard InChI is InChI=1S/C61H117NO4/c1-3-5-7-9-11-13-15-17-19-21-23-24-25-26-27-28-29-30-31-32-33-34-35-36-37-38-40-42-44-46-48-50-52-54-56-60(65)61(66)62-58(57-63)59(64)55-53-51-49-47-45-43-41-39-22-20-18-16-14-12-10-8-6-4-2/h22,39,45,47,53,55,58-60,63-65H,3-21,23-38,40-44,46,48-52,54,56-57H2,1-2H3,(H,62,66)/b39-22+,47-45+,55-53+. The van der Waals surface area contributed by atoms with Crippen molar-refractivity contribution in [2.75, 3.05) is 6.61 Å². The summed E-state index contributed by atoms with van der Waals surface area (Å²) in [5.74, 6) is -0.512. The molecule has 0 radical (unpaired) electrons. The minimum Gasteiger partial charge on any atom is -0.394 e. The van der Waals surface area contributed by atoms with Crippen molar-refractivity contribution in [3.63, 3.8) is 0 Å². The fraction of sp³-hybridized carbons (Fsp3) is 0.885. The van der Waals surface area contributed by atoms with E-state index in [1.54, 1.807) is 6.08 Å². The van der Waals surface area contributed by atoms with Gasteiger partial charge in [-0.2, -0.15) is 0 Å². The third kappa shape index (κ3) is 50.4. The third-order valence-corrected chi connectivity index (χ3v) is 14.0. The van der Waals surface area contributed by atoms with Crippen molar-refractivity contribution in [2.45, 2.75) is 340 Å². The summed E-state index contributed by atoms with van der Waals surface area (Å²) in [5, 5.41) is 33.3. The molecule has 0 aliphatic heterocycles. The first-order valence-electron chi connectivity index (χ1n) is 29.8. The minimum absolute atomic E-state index is 0.379. The Hall–Kier alpha value is -1.43. The number of rotatable bonds is 55. The van der Waals surface area contributed by atoms with E-state index >= 15 is 0 Å². The molecular formula is C61H117NO4. The number of unbranched alkanes of at least 4 members (excludes halogenated alkanes) is 43. The number of aliphatic hydroxyl groups is 3. The van der Waals surface area contributed by atoms with Crippen LogP contribution >= 0.6 is 0 Å². The lowest BCUT2D eigenvalue weighted by Crippen LogP contribution is -2.48. The number of carbonyl (C=O) groups excluding carboxylic acids is 1. The quantitative estimate of drug-likeness (QED) is 0.0361. The summed E-state index contributed by atoms with van der Waals surface area (Å²) in [4.78, 5) is 12.5. The van der Waals surface area contributed by atoms with Crippen LogP contribution in [0, 0.1) is 0 Å². The Morgan fingerprint density at radius 1 is 0.364 bits per heavy atom. The summed E-state index contributed by atoms with van der Waals surface area (Å²) < 4.78 is 0. The monoisotopic (exact) mass is 928 g/mol. The van der Waals surface area contributed by atoms with Crippen LogP contribution in [0.25, 0.3) is 0 Å². The van der Waals surface area contributed by atoms with Gasteiger partial charge in [0.15, 0.2) is 0 Å². The second-order valence-corrected chi connectivity index (χ2v) is 20.5. The molecule has 0 aromatic rings. The van der Waals surface area contributed by atoms with Gasteiger partial charge in [-0.25, -0.2) is 0 Å².